The quantitative estimate of drug-likeness (QED) is 0.251. The first-order chi connectivity index (χ1) is 11.1. The minimum absolute atomic E-state index is 0.0558. The van der Waals surface area contributed by atoms with Crippen LogP contribution >= 0.6 is 22.6 Å². The summed E-state index contributed by atoms with van der Waals surface area (Å²) < 4.78 is 33.9. The lowest BCUT2D eigenvalue weighted by molar-refractivity contribution is -0.173. The Labute approximate surface area is 154 Å². The molecule has 0 N–H and O–H groups in total. The Bertz CT molecular complexity index is 599. The van der Waals surface area contributed by atoms with Crippen molar-refractivity contribution < 1.29 is 18.3 Å². The third-order valence-corrected chi connectivity index (χ3v) is 3.81. The van der Waals surface area contributed by atoms with E-state index >= 15 is 0 Å². The van der Waals surface area contributed by atoms with Crippen LogP contribution in [-0.2, 0) is 15.5 Å². The highest BCUT2D eigenvalue weighted by atomic mass is 127. The molecule has 24 heavy (non-hydrogen) atoms. The molecule has 8 heteroatoms. The summed E-state index contributed by atoms with van der Waals surface area (Å²) in [5.41, 5.74) is -0.566. The van der Waals surface area contributed by atoms with Gasteiger partial charge in [-0.1, -0.05) is 5.22 Å². The maximum absolute atomic E-state index is 14.4. The molecule has 0 atom stereocenters. The molecule has 0 bridgehead atoms. The van der Waals surface area contributed by atoms with Crippen LogP contribution in [-0.4, -0.2) is 29.7 Å². The first-order valence-electron chi connectivity index (χ1n) is 7.66. The summed E-state index contributed by atoms with van der Waals surface area (Å²) in [4.78, 5) is 11.6. The summed E-state index contributed by atoms with van der Waals surface area (Å²) >= 11 is 1.90. The number of hydrogen-bond acceptors (Lipinski definition) is 4. The number of rotatable bonds is 7. The monoisotopic (exact) mass is 453 g/mol. The Morgan fingerprint density at radius 1 is 1.29 bits per heavy atom. The fourth-order valence-electron chi connectivity index (χ4n) is 2.08. The highest BCUT2D eigenvalue weighted by Gasteiger charge is 2.44. The van der Waals surface area contributed by atoms with Gasteiger partial charge in [0.25, 0.3) is 0 Å². The Hall–Kier alpha value is -1.32. The number of hydrogen-bond donors (Lipinski definition) is 0. The van der Waals surface area contributed by atoms with Crippen molar-refractivity contribution in [2.45, 2.75) is 52.6 Å². The van der Waals surface area contributed by atoms with E-state index in [9.17, 15) is 13.6 Å². The second kappa shape index (κ2) is 8.68. The average Bonchev–Trinajstić information content (AvgIpc) is 2.48. The molecule has 0 fully saturated rings. The largest absolute Gasteiger partial charge is 0.461 e. The zero-order chi connectivity index (χ0) is 18.5. The maximum atomic E-state index is 14.4. The van der Waals surface area contributed by atoms with E-state index in [0.717, 1.165) is 0 Å². The van der Waals surface area contributed by atoms with Crippen molar-refractivity contribution in [3.63, 3.8) is 0 Å². The van der Waals surface area contributed by atoms with Gasteiger partial charge in [-0.2, -0.15) is 8.78 Å². The van der Waals surface area contributed by atoms with E-state index in [2.05, 4.69) is 15.1 Å². The summed E-state index contributed by atoms with van der Waals surface area (Å²) in [6.07, 6.45) is 0. The minimum Gasteiger partial charge on any atom is -0.461 e. The summed E-state index contributed by atoms with van der Waals surface area (Å²) in [6, 6.07) is 4.40. The summed E-state index contributed by atoms with van der Waals surface area (Å²) in [7, 11) is 0. The van der Waals surface area contributed by atoms with Crippen molar-refractivity contribution in [1.29, 1.82) is 0 Å². The molecule has 1 aromatic carbocycles. The molecular formula is C16H22F2IN3O2. The minimum atomic E-state index is -3.79. The summed E-state index contributed by atoms with van der Waals surface area (Å²) in [5.74, 6) is -5.38. The van der Waals surface area contributed by atoms with E-state index in [0.29, 0.717) is 3.57 Å². The molecule has 0 heterocycles. The SMILES string of the molecule is CCOC(=O)C(F)(F)c1cc(I)ccc1N=NN(C(C)C)C(C)C. The molecule has 134 valence electrons. The van der Waals surface area contributed by atoms with Gasteiger partial charge >= 0.3 is 11.9 Å². The number of halogens is 3. The standard InChI is InChI=1S/C16H22F2IN3O2/c1-6-24-15(23)16(17,18)13-9-12(19)7-8-14(13)20-21-22(10(2)3)11(4)5/h7-11H,6H2,1-5H3. The van der Waals surface area contributed by atoms with E-state index in [-0.39, 0.29) is 24.4 Å². The van der Waals surface area contributed by atoms with Gasteiger partial charge < -0.3 is 4.74 Å². The van der Waals surface area contributed by atoms with Crippen molar-refractivity contribution in [1.82, 2.24) is 5.01 Å². The number of carbonyl (C=O) groups excluding carboxylic acids is 1. The molecule has 0 radical (unpaired) electrons. The van der Waals surface area contributed by atoms with Crippen LogP contribution in [0.3, 0.4) is 0 Å². The van der Waals surface area contributed by atoms with Gasteiger partial charge in [0.1, 0.15) is 0 Å². The van der Waals surface area contributed by atoms with Crippen molar-refractivity contribution in [3.05, 3.63) is 27.3 Å². The van der Waals surface area contributed by atoms with Crippen LogP contribution in [0.15, 0.2) is 28.5 Å². The zero-order valence-corrected chi connectivity index (χ0v) is 16.5. The predicted molar refractivity (Wildman–Crippen MR) is 96.3 cm³/mol. The van der Waals surface area contributed by atoms with Crippen LogP contribution in [0.5, 0.6) is 0 Å². The van der Waals surface area contributed by atoms with Gasteiger partial charge in [-0.05, 0) is 75.4 Å². The number of ether oxygens (including phenoxy) is 1. The Morgan fingerprint density at radius 3 is 2.38 bits per heavy atom. The smallest absolute Gasteiger partial charge is 0.382 e. The third-order valence-electron chi connectivity index (χ3n) is 3.14. The molecule has 0 saturated carbocycles. The van der Waals surface area contributed by atoms with Gasteiger partial charge in [0, 0.05) is 15.7 Å². The Kier molecular flexibility index (Phi) is 7.50. The molecule has 0 aliphatic heterocycles. The van der Waals surface area contributed by atoms with Crippen LogP contribution < -0.4 is 0 Å². The molecule has 0 amide bonds. The van der Waals surface area contributed by atoms with Crippen molar-refractivity contribution >= 4 is 34.2 Å². The third kappa shape index (κ3) is 5.09. The Morgan fingerprint density at radius 2 is 1.88 bits per heavy atom. The number of esters is 1. The molecule has 1 rings (SSSR count). The van der Waals surface area contributed by atoms with Gasteiger partial charge in [0.2, 0.25) is 0 Å². The van der Waals surface area contributed by atoms with Crippen molar-refractivity contribution in [2.24, 2.45) is 10.3 Å². The van der Waals surface area contributed by atoms with Gasteiger partial charge in [0.05, 0.1) is 17.9 Å². The van der Waals surface area contributed by atoms with Gasteiger partial charge in [-0.25, -0.2) is 4.79 Å². The number of carbonyl (C=O) groups is 1. The molecule has 0 saturated heterocycles. The lowest BCUT2D eigenvalue weighted by Gasteiger charge is -2.26. The second-order valence-corrected chi connectivity index (χ2v) is 6.96. The molecule has 5 nitrogen and oxygen atoms in total. The van der Waals surface area contributed by atoms with Gasteiger partial charge in [-0.15, -0.1) is 5.11 Å². The fourth-order valence-corrected chi connectivity index (χ4v) is 2.57. The predicted octanol–water partition coefficient (Wildman–Crippen LogP) is 5.06. The van der Waals surface area contributed by atoms with E-state index in [4.69, 9.17) is 0 Å². The van der Waals surface area contributed by atoms with E-state index in [1.165, 1.54) is 19.1 Å². The molecule has 0 spiro atoms. The lowest BCUT2D eigenvalue weighted by Crippen LogP contribution is -2.31. The van der Waals surface area contributed by atoms with E-state index in [1.54, 1.807) is 11.1 Å². The highest BCUT2D eigenvalue weighted by Crippen LogP contribution is 2.37. The molecule has 0 aliphatic rings. The zero-order valence-electron chi connectivity index (χ0n) is 14.4. The molecule has 0 aromatic heterocycles. The van der Waals surface area contributed by atoms with Crippen LogP contribution in [0, 0.1) is 3.57 Å². The number of alkyl halides is 2. The highest BCUT2D eigenvalue weighted by molar-refractivity contribution is 14.1. The van der Waals surface area contributed by atoms with Crippen molar-refractivity contribution in [3.8, 4) is 0 Å². The topological polar surface area (TPSA) is 54.3 Å². The molecule has 1 aromatic rings. The van der Waals surface area contributed by atoms with Gasteiger partial charge in [-0.3, -0.25) is 5.01 Å². The van der Waals surface area contributed by atoms with Crippen LogP contribution in [0.2, 0.25) is 0 Å². The summed E-state index contributed by atoms with van der Waals surface area (Å²) in [5, 5.41) is 9.73. The van der Waals surface area contributed by atoms with Crippen LogP contribution in [0.1, 0.15) is 40.2 Å². The second-order valence-electron chi connectivity index (χ2n) is 5.71. The lowest BCUT2D eigenvalue weighted by atomic mass is 10.1. The van der Waals surface area contributed by atoms with Gasteiger partial charge in [0.15, 0.2) is 0 Å². The van der Waals surface area contributed by atoms with E-state index < -0.39 is 17.5 Å². The molecule has 0 unspecified atom stereocenters. The normalized spacial score (nSPS) is 12.2. The number of nitrogens with zero attached hydrogens (tertiary/aromatic N) is 3. The molecular weight excluding hydrogens is 431 g/mol. The van der Waals surface area contributed by atoms with Crippen molar-refractivity contribution in [2.75, 3.05) is 6.61 Å². The fraction of sp³-hybridized carbons (Fsp3) is 0.562. The average molecular weight is 453 g/mol. The maximum Gasteiger partial charge on any atom is 0.382 e. The number of benzene rings is 1. The van der Waals surface area contributed by atoms with Crippen LogP contribution in [0.25, 0.3) is 0 Å². The van der Waals surface area contributed by atoms with Crippen LogP contribution in [0.4, 0.5) is 14.5 Å². The Balaban J connectivity index is 3.29. The molecule has 0 aliphatic carbocycles. The first-order valence-corrected chi connectivity index (χ1v) is 8.74. The first kappa shape index (κ1) is 20.7. The van der Waals surface area contributed by atoms with E-state index in [1.807, 2.05) is 50.3 Å². The summed E-state index contributed by atoms with van der Waals surface area (Å²) in [6.45, 7) is 9.08.